The summed E-state index contributed by atoms with van der Waals surface area (Å²) >= 11 is 0. The van der Waals surface area contributed by atoms with Crippen LogP contribution in [0.3, 0.4) is 0 Å². The van der Waals surface area contributed by atoms with Crippen LogP contribution in [0.15, 0.2) is 24.3 Å². The minimum Gasteiger partial charge on any atom is -0.497 e. The number of methoxy groups -OCH3 is 1. The van der Waals surface area contributed by atoms with E-state index in [0.29, 0.717) is 26.4 Å². The molecule has 1 aromatic rings. The molecule has 2 unspecified atom stereocenters. The number of amides is 1. The molecule has 1 aliphatic rings. The lowest BCUT2D eigenvalue weighted by Gasteiger charge is -2.22. The van der Waals surface area contributed by atoms with Gasteiger partial charge in [0.1, 0.15) is 18.1 Å². The van der Waals surface area contributed by atoms with Crippen LogP contribution in [-0.2, 0) is 9.53 Å². The van der Waals surface area contributed by atoms with Crippen molar-refractivity contribution in [2.45, 2.75) is 6.04 Å². The van der Waals surface area contributed by atoms with Crippen LogP contribution in [0.1, 0.15) is 0 Å². The predicted octanol–water partition coefficient (Wildman–Crippen LogP) is 0.506. The predicted molar refractivity (Wildman–Crippen MR) is 78.4 cm³/mol. The molecule has 0 bridgehead atoms. The molecule has 0 radical (unpaired) electrons. The van der Waals surface area contributed by atoms with E-state index in [1.54, 1.807) is 19.1 Å². The van der Waals surface area contributed by atoms with Crippen molar-refractivity contribution in [2.75, 3.05) is 40.5 Å². The Labute approximate surface area is 124 Å². The van der Waals surface area contributed by atoms with Crippen LogP contribution in [-0.4, -0.2) is 57.4 Å². The van der Waals surface area contributed by atoms with Crippen molar-refractivity contribution in [3.63, 3.8) is 0 Å². The summed E-state index contributed by atoms with van der Waals surface area (Å²) in [6.45, 7) is 1.79. The zero-order valence-corrected chi connectivity index (χ0v) is 12.5. The summed E-state index contributed by atoms with van der Waals surface area (Å²) < 4.78 is 15.9. The lowest BCUT2D eigenvalue weighted by molar-refractivity contribution is -0.134. The highest BCUT2D eigenvalue weighted by Crippen LogP contribution is 2.17. The number of nitrogens with zero attached hydrogens (tertiary/aromatic N) is 1. The fourth-order valence-corrected chi connectivity index (χ4v) is 2.19. The molecule has 1 fully saturated rings. The lowest BCUT2D eigenvalue weighted by atomic mass is 10.0. The zero-order valence-electron chi connectivity index (χ0n) is 12.5. The standard InChI is InChI=1S/C15H22N2O4/c1-17(15(18)13-9-20-10-14(13)16)7-8-21-12-5-3-11(19-2)4-6-12/h3-6,13-14H,7-10,16H2,1-2H3. The van der Waals surface area contributed by atoms with Gasteiger partial charge in [-0.1, -0.05) is 0 Å². The van der Waals surface area contributed by atoms with Crippen molar-refractivity contribution in [3.05, 3.63) is 24.3 Å². The molecule has 0 aliphatic carbocycles. The summed E-state index contributed by atoms with van der Waals surface area (Å²) in [5, 5.41) is 0. The summed E-state index contributed by atoms with van der Waals surface area (Å²) in [6.07, 6.45) is 0. The van der Waals surface area contributed by atoms with E-state index < -0.39 is 0 Å². The van der Waals surface area contributed by atoms with Crippen LogP contribution in [0.25, 0.3) is 0 Å². The topological polar surface area (TPSA) is 74.0 Å². The van der Waals surface area contributed by atoms with Gasteiger partial charge in [-0.15, -0.1) is 0 Å². The molecular weight excluding hydrogens is 272 g/mol. The molecular formula is C15H22N2O4. The molecule has 1 heterocycles. The van der Waals surface area contributed by atoms with Crippen LogP contribution < -0.4 is 15.2 Å². The molecule has 2 rings (SSSR count). The minimum atomic E-state index is -0.240. The van der Waals surface area contributed by atoms with Gasteiger partial charge in [0.15, 0.2) is 0 Å². The van der Waals surface area contributed by atoms with Crippen LogP contribution in [0.4, 0.5) is 0 Å². The average molecular weight is 294 g/mol. The second kappa shape index (κ2) is 7.28. The number of carbonyl (C=O) groups excluding carboxylic acids is 1. The highest BCUT2D eigenvalue weighted by atomic mass is 16.5. The molecule has 21 heavy (non-hydrogen) atoms. The van der Waals surface area contributed by atoms with E-state index in [1.807, 2.05) is 24.3 Å². The summed E-state index contributed by atoms with van der Waals surface area (Å²) in [4.78, 5) is 13.8. The smallest absolute Gasteiger partial charge is 0.229 e. The number of rotatable bonds is 6. The van der Waals surface area contributed by atoms with E-state index >= 15 is 0 Å². The van der Waals surface area contributed by atoms with Crippen LogP contribution in [0.2, 0.25) is 0 Å². The third kappa shape index (κ3) is 4.09. The maximum Gasteiger partial charge on any atom is 0.229 e. The number of carbonyl (C=O) groups is 1. The normalized spacial score (nSPS) is 21.1. The maximum atomic E-state index is 12.2. The second-order valence-electron chi connectivity index (χ2n) is 5.09. The van der Waals surface area contributed by atoms with Crippen molar-refractivity contribution in [1.29, 1.82) is 0 Å². The Morgan fingerprint density at radius 2 is 2.00 bits per heavy atom. The molecule has 0 aromatic heterocycles. The first-order chi connectivity index (χ1) is 10.1. The SMILES string of the molecule is COc1ccc(OCCN(C)C(=O)C2COCC2N)cc1. The third-order valence-corrected chi connectivity index (χ3v) is 3.57. The molecule has 116 valence electrons. The van der Waals surface area contributed by atoms with Gasteiger partial charge in [0.05, 0.1) is 32.8 Å². The number of hydrogen-bond acceptors (Lipinski definition) is 5. The Balaban J connectivity index is 1.75. The van der Waals surface area contributed by atoms with Crippen molar-refractivity contribution in [3.8, 4) is 11.5 Å². The van der Waals surface area contributed by atoms with E-state index in [0.717, 1.165) is 11.5 Å². The Morgan fingerprint density at radius 3 is 2.57 bits per heavy atom. The second-order valence-corrected chi connectivity index (χ2v) is 5.09. The Bertz CT molecular complexity index is 463. The highest BCUT2D eigenvalue weighted by molar-refractivity contribution is 5.79. The molecule has 1 saturated heterocycles. The molecule has 6 nitrogen and oxygen atoms in total. The van der Waals surface area contributed by atoms with Gasteiger partial charge in [0.2, 0.25) is 5.91 Å². The largest absolute Gasteiger partial charge is 0.497 e. The van der Waals surface area contributed by atoms with Gasteiger partial charge < -0.3 is 24.8 Å². The maximum absolute atomic E-state index is 12.2. The number of ether oxygens (including phenoxy) is 3. The number of benzene rings is 1. The molecule has 2 atom stereocenters. The van der Waals surface area contributed by atoms with Gasteiger partial charge in [-0.3, -0.25) is 4.79 Å². The van der Waals surface area contributed by atoms with E-state index in [2.05, 4.69) is 0 Å². The van der Waals surface area contributed by atoms with E-state index in [-0.39, 0.29) is 17.9 Å². The van der Waals surface area contributed by atoms with Crippen molar-refractivity contribution in [1.82, 2.24) is 4.90 Å². The van der Waals surface area contributed by atoms with Gasteiger partial charge in [0, 0.05) is 13.1 Å². The van der Waals surface area contributed by atoms with Gasteiger partial charge in [-0.05, 0) is 24.3 Å². The quantitative estimate of drug-likeness (QED) is 0.827. The lowest BCUT2D eigenvalue weighted by Crippen LogP contribution is -2.43. The Morgan fingerprint density at radius 1 is 1.33 bits per heavy atom. The van der Waals surface area contributed by atoms with E-state index in [4.69, 9.17) is 19.9 Å². The van der Waals surface area contributed by atoms with Gasteiger partial charge in [-0.2, -0.15) is 0 Å². The van der Waals surface area contributed by atoms with Crippen molar-refractivity contribution in [2.24, 2.45) is 11.7 Å². The number of likely N-dealkylation sites (N-methyl/N-ethyl adjacent to an activating group) is 1. The summed E-state index contributed by atoms with van der Waals surface area (Å²) in [7, 11) is 3.37. The molecule has 2 N–H and O–H groups in total. The third-order valence-electron chi connectivity index (χ3n) is 3.57. The molecule has 1 aliphatic heterocycles. The Kier molecular flexibility index (Phi) is 5.41. The summed E-state index contributed by atoms with van der Waals surface area (Å²) in [5.41, 5.74) is 5.85. The van der Waals surface area contributed by atoms with Crippen LogP contribution >= 0.6 is 0 Å². The summed E-state index contributed by atoms with van der Waals surface area (Å²) in [6, 6.07) is 7.13. The minimum absolute atomic E-state index is 0.0123. The van der Waals surface area contributed by atoms with E-state index in [1.165, 1.54) is 0 Å². The monoisotopic (exact) mass is 294 g/mol. The molecule has 1 aromatic carbocycles. The van der Waals surface area contributed by atoms with Crippen molar-refractivity contribution >= 4 is 5.91 Å². The number of nitrogens with two attached hydrogens (primary N) is 1. The van der Waals surface area contributed by atoms with Gasteiger partial charge in [0.25, 0.3) is 0 Å². The Hall–Kier alpha value is -1.79. The van der Waals surface area contributed by atoms with Gasteiger partial charge >= 0.3 is 0 Å². The average Bonchev–Trinajstić information content (AvgIpc) is 2.93. The fourth-order valence-electron chi connectivity index (χ4n) is 2.19. The summed E-state index contributed by atoms with van der Waals surface area (Å²) in [5.74, 6) is 1.30. The first kappa shape index (κ1) is 15.6. The fraction of sp³-hybridized carbons (Fsp3) is 0.533. The van der Waals surface area contributed by atoms with Crippen LogP contribution in [0, 0.1) is 5.92 Å². The zero-order chi connectivity index (χ0) is 15.2. The van der Waals surface area contributed by atoms with Crippen molar-refractivity contribution < 1.29 is 19.0 Å². The molecule has 6 heteroatoms. The molecule has 1 amide bonds. The van der Waals surface area contributed by atoms with Gasteiger partial charge in [-0.25, -0.2) is 0 Å². The number of hydrogen-bond donors (Lipinski definition) is 1. The van der Waals surface area contributed by atoms with Crippen LogP contribution in [0.5, 0.6) is 11.5 Å². The first-order valence-electron chi connectivity index (χ1n) is 6.97. The first-order valence-corrected chi connectivity index (χ1v) is 6.97. The molecule has 0 saturated carbocycles. The molecule has 0 spiro atoms. The highest BCUT2D eigenvalue weighted by Gasteiger charge is 2.33. The van der Waals surface area contributed by atoms with E-state index in [9.17, 15) is 4.79 Å².